The fourth-order valence-electron chi connectivity index (χ4n) is 5.01. The van der Waals surface area contributed by atoms with Crippen molar-refractivity contribution in [2.45, 2.75) is 180 Å². The normalized spacial score (nSPS) is 13.5. The van der Waals surface area contributed by atoms with Gasteiger partial charge in [-0.2, -0.15) is 0 Å². The third-order valence-electron chi connectivity index (χ3n) is 7.79. The van der Waals surface area contributed by atoms with Crippen molar-refractivity contribution in [3.8, 4) is 0 Å². The van der Waals surface area contributed by atoms with Crippen LogP contribution in [-0.2, 0) is 27.9 Å². The van der Waals surface area contributed by atoms with Gasteiger partial charge >= 0.3 is 13.8 Å². The Kier molecular flexibility index (Phi) is 31.3. The van der Waals surface area contributed by atoms with Crippen molar-refractivity contribution in [2.24, 2.45) is 0 Å². The molecule has 0 fully saturated rings. The minimum Gasteiger partial charge on any atom is -0.463 e. The molecule has 0 saturated carbocycles. The number of phosphoric ester groups is 1. The Bertz CT molecular complexity index is 709. The number of carbonyl (C=O) groups is 2. The summed E-state index contributed by atoms with van der Waals surface area (Å²) in [5.41, 5.74) is 0. The molecular formula is C34H68NO8P. The Balaban J connectivity index is 3.44. The Hall–Kier alpha value is -0.990. The summed E-state index contributed by atoms with van der Waals surface area (Å²) < 4.78 is 26.3. The number of rotatable bonds is 34. The van der Waals surface area contributed by atoms with E-state index in [1.807, 2.05) is 6.92 Å². The number of hydrogen-bond acceptors (Lipinski definition) is 7. The van der Waals surface area contributed by atoms with Crippen LogP contribution in [0, 0.1) is 0 Å². The van der Waals surface area contributed by atoms with E-state index < -0.39 is 26.5 Å². The minimum absolute atomic E-state index is 0.0869. The van der Waals surface area contributed by atoms with Gasteiger partial charge in [-0.15, -0.1) is 0 Å². The lowest BCUT2D eigenvalue weighted by molar-refractivity contribution is -0.147. The summed E-state index contributed by atoms with van der Waals surface area (Å²) in [7, 11) is -4.38. The second-order valence-electron chi connectivity index (χ2n) is 12.2. The van der Waals surface area contributed by atoms with Crippen molar-refractivity contribution < 1.29 is 37.9 Å². The summed E-state index contributed by atoms with van der Waals surface area (Å²) in [6, 6.07) is 0. The van der Waals surface area contributed by atoms with Gasteiger partial charge in [-0.3, -0.25) is 18.6 Å². The van der Waals surface area contributed by atoms with Gasteiger partial charge in [0.15, 0.2) is 0 Å². The van der Waals surface area contributed by atoms with Crippen molar-refractivity contribution in [2.75, 3.05) is 26.4 Å². The number of esters is 1. The predicted octanol–water partition coefficient (Wildman–Crippen LogP) is 8.93. The summed E-state index contributed by atoms with van der Waals surface area (Å²) >= 11 is 0. The largest absolute Gasteiger partial charge is 0.472 e. The first kappa shape index (κ1) is 43.0. The van der Waals surface area contributed by atoms with Crippen LogP contribution in [0.5, 0.6) is 0 Å². The zero-order valence-electron chi connectivity index (χ0n) is 28.4. The van der Waals surface area contributed by atoms with E-state index in [9.17, 15) is 24.2 Å². The molecule has 0 bridgehead atoms. The standard InChI is InChI=1S/C34H68NO8P/c1-3-5-7-8-9-10-11-12-13-14-15-16-17-18-19-20-21-22-23-24-25-26-33(37)35-28-29-42-44(39,40)43-31-32(36)30-41-34(38)27-6-4-2/h32,36H,3-31H2,1-2H3,(H,35,37)(H,39,40). The van der Waals surface area contributed by atoms with E-state index in [1.165, 1.54) is 116 Å². The van der Waals surface area contributed by atoms with Gasteiger partial charge in [-0.1, -0.05) is 149 Å². The second-order valence-corrected chi connectivity index (χ2v) is 13.7. The molecule has 1 amide bonds. The molecule has 0 aliphatic rings. The summed E-state index contributed by atoms with van der Waals surface area (Å²) in [5, 5.41) is 12.4. The highest BCUT2D eigenvalue weighted by atomic mass is 31.2. The van der Waals surface area contributed by atoms with Crippen molar-refractivity contribution in [3.63, 3.8) is 0 Å². The number of amides is 1. The number of ether oxygens (including phenoxy) is 1. The fourth-order valence-corrected chi connectivity index (χ4v) is 5.76. The molecule has 2 unspecified atom stereocenters. The third kappa shape index (κ3) is 32.4. The van der Waals surface area contributed by atoms with Crippen molar-refractivity contribution in [1.82, 2.24) is 5.32 Å². The summed E-state index contributed by atoms with van der Waals surface area (Å²) in [6.45, 7) is 3.28. The van der Waals surface area contributed by atoms with Crippen LogP contribution in [0.4, 0.5) is 0 Å². The van der Waals surface area contributed by atoms with Crippen LogP contribution in [0.15, 0.2) is 0 Å². The van der Waals surface area contributed by atoms with Gasteiger partial charge < -0.3 is 20.1 Å². The molecule has 0 aromatic rings. The lowest BCUT2D eigenvalue weighted by atomic mass is 10.0. The Morgan fingerprint density at radius 3 is 1.50 bits per heavy atom. The van der Waals surface area contributed by atoms with E-state index in [-0.39, 0.29) is 32.1 Å². The van der Waals surface area contributed by atoms with Crippen molar-refractivity contribution in [3.05, 3.63) is 0 Å². The molecule has 0 aromatic carbocycles. The SMILES string of the molecule is CCCCCCCCCCCCCCCCCCCCCCCC(=O)NCCOP(=O)(O)OCC(O)COC(=O)CCCC. The lowest BCUT2D eigenvalue weighted by Gasteiger charge is -2.15. The van der Waals surface area contributed by atoms with Gasteiger partial charge in [0.1, 0.15) is 12.7 Å². The molecule has 0 radical (unpaired) electrons. The number of aliphatic hydroxyl groups excluding tert-OH is 1. The first-order valence-electron chi connectivity index (χ1n) is 18.0. The molecule has 0 heterocycles. The average molecular weight is 650 g/mol. The maximum Gasteiger partial charge on any atom is 0.472 e. The van der Waals surface area contributed by atoms with E-state index in [0.717, 1.165) is 25.7 Å². The zero-order valence-corrected chi connectivity index (χ0v) is 29.3. The van der Waals surface area contributed by atoms with Crippen LogP contribution < -0.4 is 5.32 Å². The maximum absolute atomic E-state index is 12.0. The van der Waals surface area contributed by atoms with E-state index in [0.29, 0.717) is 12.8 Å². The Morgan fingerprint density at radius 2 is 1.05 bits per heavy atom. The highest BCUT2D eigenvalue weighted by molar-refractivity contribution is 7.47. The van der Waals surface area contributed by atoms with Gasteiger partial charge in [-0.05, 0) is 12.8 Å². The van der Waals surface area contributed by atoms with Crippen LogP contribution in [0.2, 0.25) is 0 Å². The van der Waals surface area contributed by atoms with Gasteiger partial charge in [-0.25, -0.2) is 4.57 Å². The molecule has 0 rings (SSSR count). The highest BCUT2D eigenvalue weighted by Crippen LogP contribution is 2.42. The molecule has 2 atom stereocenters. The zero-order chi connectivity index (χ0) is 32.6. The molecule has 44 heavy (non-hydrogen) atoms. The number of phosphoric acid groups is 1. The predicted molar refractivity (Wildman–Crippen MR) is 178 cm³/mol. The molecule has 0 aliphatic heterocycles. The van der Waals surface area contributed by atoms with Gasteiger partial charge in [0.05, 0.1) is 13.2 Å². The van der Waals surface area contributed by atoms with E-state index in [4.69, 9.17) is 13.8 Å². The van der Waals surface area contributed by atoms with Gasteiger partial charge in [0.25, 0.3) is 0 Å². The maximum atomic E-state index is 12.0. The van der Waals surface area contributed by atoms with Crippen molar-refractivity contribution >= 4 is 19.7 Å². The molecule has 0 spiro atoms. The molecule has 262 valence electrons. The van der Waals surface area contributed by atoms with E-state index >= 15 is 0 Å². The summed E-state index contributed by atoms with van der Waals surface area (Å²) in [5.74, 6) is -0.545. The second kappa shape index (κ2) is 32.0. The smallest absolute Gasteiger partial charge is 0.463 e. The molecule has 0 aliphatic carbocycles. The third-order valence-corrected chi connectivity index (χ3v) is 8.77. The van der Waals surface area contributed by atoms with Crippen LogP contribution >= 0.6 is 7.82 Å². The minimum atomic E-state index is -4.38. The number of unbranched alkanes of at least 4 members (excludes halogenated alkanes) is 21. The van der Waals surface area contributed by atoms with Crippen LogP contribution in [0.1, 0.15) is 174 Å². The topological polar surface area (TPSA) is 131 Å². The van der Waals surface area contributed by atoms with Gasteiger partial charge in [0.2, 0.25) is 5.91 Å². The molecule has 0 aromatic heterocycles. The summed E-state index contributed by atoms with van der Waals surface area (Å²) in [4.78, 5) is 33.1. The number of aliphatic hydroxyl groups is 1. The molecular weight excluding hydrogens is 581 g/mol. The van der Waals surface area contributed by atoms with E-state index in [1.54, 1.807) is 0 Å². The van der Waals surface area contributed by atoms with Crippen molar-refractivity contribution in [1.29, 1.82) is 0 Å². The quantitative estimate of drug-likeness (QED) is 0.0358. The first-order chi connectivity index (χ1) is 21.3. The number of hydrogen-bond donors (Lipinski definition) is 3. The molecule has 9 nitrogen and oxygen atoms in total. The summed E-state index contributed by atoms with van der Waals surface area (Å²) in [6.07, 6.45) is 28.8. The van der Waals surface area contributed by atoms with Crippen LogP contribution in [0.3, 0.4) is 0 Å². The fraction of sp³-hybridized carbons (Fsp3) is 0.941. The van der Waals surface area contributed by atoms with Crippen LogP contribution in [-0.4, -0.2) is 54.3 Å². The number of carbonyl (C=O) groups excluding carboxylic acids is 2. The Labute approximate surface area is 269 Å². The van der Waals surface area contributed by atoms with Crippen LogP contribution in [0.25, 0.3) is 0 Å². The van der Waals surface area contributed by atoms with E-state index in [2.05, 4.69) is 12.2 Å². The molecule has 3 N–H and O–H groups in total. The Morgan fingerprint density at radius 1 is 0.614 bits per heavy atom. The number of nitrogens with one attached hydrogen (secondary N) is 1. The average Bonchev–Trinajstić information content (AvgIpc) is 3.00. The lowest BCUT2D eigenvalue weighted by Crippen LogP contribution is -2.27. The molecule has 10 heteroatoms. The highest BCUT2D eigenvalue weighted by Gasteiger charge is 2.23. The van der Waals surface area contributed by atoms with Gasteiger partial charge in [0, 0.05) is 19.4 Å². The monoisotopic (exact) mass is 649 g/mol. The first-order valence-corrected chi connectivity index (χ1v) is 19.5. The molecule has 0 saturated heterocycles.